The number of benzene rings is 1. The van der Waals surface area contributed by atoms with Crippen molar-refractivity contribution in [2.24, 2.45) is 11.8 Å². The van der Waals surface area contributed by atoms with Gasteiger partial charge in [0.05, 0.1) is 5.92 Å². The Hall–Kier alpha value is -1.68. The van der Waals surface area contributed by atoms with Crippen molar-refractivity contribution in [1.29, 1.82) is 0 Å². The molecule has 4 nitrogen and oxygen atoms in total. The average molecular weight is 289 g/mol. The Balaban J connectivity index is 1.76. The maximum Gasteiger partial charge on any atom is 0.310 e. The van der Waals surface area contributed by atoms with Gasteiger partial charge in [-0.1, -0.05) is 44.2 Å². The fourth-order valence-electron chi connectivity index (χ4n) is 2.59. The first-order valence-electron chi connectivity index (χ1n) is 7.52. The van der Waals surface area contributed by atoms with E-state index in [0.717, 1.165) is 18.7 Å². The van der Waals surface area contributed by atoms with Crippen molar-refractivity contribution < 1.29 is 14.3 Å². The van der Waals surface area contributed by atoms with Crippen molar-refractivity contribution in [3.63, 3.8) is 0 Å². The molecule has 0 saturated carbocycles. The molecule has 21 heavy (non-hydrogen) atoms. The molecule has 4 heteroatoms. The minimum Gasteiger partial charge on any atom is -0.461 e. The van der Waals surface area contributed by atoms with E-state index in [9.17, 15) is 9.59 Å². The minimum atomic E-state index is -0.177. The Morgan fingerprint density at radius 3 is 2.76 bits per heavy atom. The SMILES string of the molecule is CC1CN(CC(C)C(=O)OCc2ccccc2)CCC1=O. The van der Waals surface area contributed by atoms with Gasteiger partial charge in [0.25, 0.3) is 0 Å². The van der Waals surface area contributed by atoms with E-state index in [1.165, 1.54) is 0 Å². The summed E-state index contributed by atoms with van der Waals surface area (Å²) in [4.78, 5) is 25.7. The topological polar surface area (TPSA) is 46.6 Å². The molecule has 0 amide bonds. The minimum absolute atomic E-state index is 0.0753. The molecule has 1 heterocycles. The summed E-state index contributed by atoms with van der Waals surface area (Å²) in [6.45, 7) is 6.31. The summed E-state index contributed by atoms with van der Waals surface area (Å²) in [7, 11) is 0. The highest BCUT2D eigenvalue weighted by atomic mass is 16.5. The molecule has 0 N–H and O–H groups in total. The number of hydrogen-bond acceptors (Lipinski definition) is 4. The highest BCUT2D eigenvalue weighted by Crippen LogP contribution is 2.14. The number of nitrogens with zero attached hydrogens (tertiary/aromatic N) is 1. The molecule has 2 unspecified atom stereocenters. The maximum atomic E-state index is 12.0. The summed E-state index contributed by atoms with van der Waals surface area (Å²) in [5, 5.41) is 0. The zero-order valence-electron chi connectivity index (χ0n) is 12.7. The summed E-state index contributed by atoms with van der Waals surface area (Å²) in [6.07, 6.45) is 0.590. The smallest absolute Gasteiger partial charge is 0.310 e. The number of likely N-dealkylation sites (tertiary alicyclic amines) is 1. The van der Waals surface area contributed by atoms with E-state index in [2.05, 4.69) is 4.90 Å². The van der Waals surface area contributed by atoms with Crippen molar-refractivity contribution in [1.82, 2.24) is 4.90 Å². The lowest BCUT2D eigenvalue weighted by atomic mass is 9.97. The molecule has 0 bridgehead atoms. The first-order chi connectivity index (χ1) is 10.1. The molecule has 1 aromatic carbocycles. The third-order valence-electron chi connectivity index (χ3n) is 3.91. The molecule has 1 aliphatic rings. The first kappa shape index (κ1) is 15.7. The van der Waals surface area contributed by atoms with Gasteiger partial charge in [-0.05, 0) is 5.56 Å². The van der Waals surface area contributed by atoms with Crippen LogP contribution in [-0.2, 0) is 20.9 Å². The summed E-state index contributed by atoms with van der Waals surface area (Å²) in [5.74, 6) is 0.0503. The number of esters is 1. The van der Waals surface area contributed by atoms with Crippen LogP contribution in [0.4, 0.5) is 0 Å². The van der Waals surface area contributed by atoms with Crippen LogP contribution in [-0.4, -0.2) is 36.3 Å². The van der Waals surface area contributed by atoms with Gasteiger partial charge in [0, 0.05) is 32.0 Å². The molecule has 1 aliphatic heterocycles. The first-order valence-corrected chi connectivity index (χ1v) is 7.52. The van der Waals surface area contributed by atoms with E-state index in [4.69, 9.17) is 4.74 Å². The molecule has 2 rings (SSSR count). The van der Waals surface area contributed by atoms with E-state index < -0.39 is 0 Å². The Kier molecular flexibility index (Phi) is 5.51. The summed E-state index contributed by atoms with van der Waals surface area (Å²) >= 11 is 0. The van der Waals surface area contributed by atoms with Gasteiger partial charge in [-0.25, -0.2) is 0 Å². The molecular formula is C17H23NO3. The number of rotatable bonds is 5. The number of ether oxygens (including phenoxy) is 1. The molecular weight excluding hydrogens is 266 g/mol. The Labute approximate surface area is 126 Å². The number of carbonyl (C=O) groups excluding carboxylic acids is 2. The maximum absolute atomic E-state index is 12.0. The standard InChI is InChI=1S/C17H23NO3/c1-13-10-18(9-8-16(13)19)11-14(2)17(20)21-12-15-6-4-3-5-7-15/h3-7,13-14H,8-12H2,1-2H3. The summed E-state index contributed by atoms with van der Waals surface area (Å²) < 4.78 is 5.35. The van der Waals surface area contributed by atoms with E-state index in [0.29, 0.717) is 25.4 Å². The molecule has 0 spiro atoms. The molecule has 114 valence electrons. The Morgan fingerprint density at radius 1 is 1.38 bits per heavy atom. The van der Waals surface area contributed by atoms with Crippen LogP contribution in [0.3, 0.4) is 0 Å². The van der Waals surface area contributed by atoms with Crippen molar-refractivity contribution in [2.75, 3.05) is 19.6 Å². The zero-order valence-corrected chi connectivity index (χ0v) is 12.7. The third kappa shape index (κ3) is 4.67. The molecule has 1 aromatic rings. The molecule has 1 saturated heterocycles. The normalized spacial score (nSPS) is 21.0. The lowest BCUT2D eigenvalue weighted by Crippen LogP contribution is -2.42. The van der Waals surface area contributed by atoms with Crippen LogP contribution < -0.4 is 0 Å². The van der Waals surface area contributed by atoms with Gasteiger partial charge >= 0.3 is 5.97 Å². The molecule has 1 fully saturated rings. The van der Waals surface area contributed by atoms with Crippen molar-refractivity contribution in [3.8, 4) is 0 Å². The lowest BCUT2D eigenvalue weighted by Gasteiger charge is -2.31. The number of piperidine rings is 1. The Morgan fingerprint density at radius 2 is 2.10 bits per heavy atom. The van der Waals surface area contributed by atoms with Crippen LogP contribution >= 0.6 is 0 Å². The number of Topliss-reactive ketones (excluding diaryl/α,β-unsaturated/α-hetero) is 1. The second-order valence-electron chi connectivity index (χ2n) is 5.87. The van der Waals surface area contributed by atoms with Crippen LogP contribution in [0.25, 0.3) is 0 Å². The van der Waals surface area contributed by atoms with Gasteiger partial charge in [0.2, 0.25) is 0 Å². The molecule has 2 atom stereocenters. The highest BCUT2D eigenvalue weighted by molar-refractivity contribution is 5.81. The average Bonchev–Trinajstić information content (AvgIpc) is 2.49. The van der Waals surface area contributed by atoms with E-state index in [-0.39, 0.29) is 17.8 Å². The Bertz CT molecular complexity index is 486. The van der Waals surface area contributed by atoms with Crippen LogP contribution in [0.2, 0.25) is 0 Å². The number of ketones is 1. The molecule has 0 aliphatic carbocycles. The lowest BCUT2D eigenvalue weighted by molar-refractivity contribution is -0.150. The van der Waals surface area contributed by atoms with Crippen LogP contribution in [0.15, 0.2) is 30.3 Å². The fourth-order valence-corrected chi connectivity index (χ4v) is 2.59. The van der Waals surface area contributed by atoms with Gasteiger partial charge < -0.3 is 9.64 Å². The zero-order chi connectivity index (χ0) is 15.2. The van der Waals surface area contributed by atoms with Gasteiger partial charge in [0.15, 0.2) is 0 Å². The summed E-state index contributed by atoms with van der Waals surface area (Å²) in [5.41, 5.74) is 0.996. The largest absolute Gasteiger partial charge is 0.461 e. The van der Waals surface area contributed by atoms with Crippen LogP contribution in [0, 0.1) is 11.8 Å². The predicted molar refractivity (Wildman–Crippen MR) is 80.6 cm³/mol. The van der Waals surface area contributed by atoms with E-state index in [1.54, 1.807) is 0 Å². The summed E-state index contributed by atoms with van der Waals surface area (Å²) in [6, 6.07) is 9.68. The quantitative estimate of drug-likeness (QED) is 0.780. The predicted octanol–water partition coefficient (Wildman–Crippen LogP) is 2.28. The second-order valence-corrected chi connectivity index (χ2v) is 5.87. The fraction of sp³-hybridized carbons (Fsp3) is 0.529. The van der Waals surface area contributed by atoms with E-state index in [1.807, 2.05) is 44.2 Å². The monoisotopic (exact) mass is 289 g/mol. The molecule has 0 aromatic heterocycles. The van der Waals surface area contributed by atoms with Crippen molar-refractivity contribution in [2.45, 2.75) is 26.9 Å². The van der Waals surface area contributed by atoms with E-state index >= 15 is 0 Å². The van der Waals surface area contributed by atoms with Crippen molar-refractivity contribution >= 4 is 11.8 Å². The number of carbonyl (C=O) groups is 2. The van der Waals surface area contributed by atoms with Gasteiger partial charge in [-0.3, -0.25) is 9.59 Å². The number of hydrogen-bond donors (Lipinski definition) is 0. The van der Waals surface area contributed by atoms with Crippen LogP contribution in [0.1, 0.15) is 25.8 Å². The van der Waals surface area contributed by atoms with Crippen LogP contribution in [0.5, 0.6) is 0 Å². The van der Waals surface area contributed by atoms with Gasteiger partial charge in [-0.2, -0.15) is 0 Å². The van der Waals surface area contributed by atoms with Crippen molar-refractivity contribution in [3.05, 3.63) is 35.9 Å². The van der Waals surface area contributed by atoms with Gasteiger partial charge in [0.1, 0.15) is 12.4 Å². The highest BCUT2D eigenvalue weighted by Gasteiger charge is 2.26. The van der Waals surface area contributed by atoms with Gasteiger partial charge in [-0.15, -0.1) is 0 Å². The second kappa shape index (κ2) is 7.36. The third-order valence-corrected chi connectivity index (χ3v) is 3.91. The molecule has 0 radical (unpaired) electrons.